The average Bonchev–Trinajstić information content (AvgIpc) is 2.79. The van der Waals surface area contributed by atoms with E-state index in [0.717, 1.165) is 20.9 Å². The third kappa shape index (κ3) is 3.01. The highest BCUT2D eigenvalue weighted by Crippen LogP contribution is 2.30. The number of amides is 1. The van der Waals surface area contributed by atoms with Crippen molar-refractivity contribution in [1.82, 2.24) is 9.88 Å². The summed E-state index contributed by atoms with van der Waals surface area (Å²) in [5, 5.41) is 4.72. The van der Waals surface area contributed by atoms with Crippen molar-refractivity contribution in [3.05, 3.63) is 69.3 Å². The van der Waals surface area contributed by atoms with Crippen molar-refractivity contribution in [2.75, 3.05) is 0 Å². The molecule has 0 aliphatic heterocycles. The summed E-state index contributed by atoms with van der Waals surface area (Å²) in [5.74, 6) is -0.122. The second-order valence-corrected chi connectivity index (χ2v) is 6.72. The minimum atomic E-state index is -0.133. The maximum Gasteiger partial charge on any atom is 0.269 e. The van der Waals surface area contributed by atoms with E-state index in [1.807, 2.05) is 67.1 Å². The first kappa shape index (κ1) is 16.1. The van der Waals surface area contributed by atoms with Gasteiger partial charge in [-0.1, -0.05) is 41.9 Å². The molecule has 5 heteroatoms. The molecule has 1 unspecified atom stereocenters. The molecular weight excluding hydrogens is 376 g/mol. The number of hydrogen-bond donors (Lipinski definition) is 1. The fraction of sp³-hybridized carbons (Fsp3) is 0.167. The monoisotopic (exact) mass is 390 g/mol. The molecule has 0 aliphatic rings. The lowest BCUT2D eigenvalue weighted by atomic mass is 10.1. The topological polar surface area (TPSA) is 34.0 Å². The van der Waals surface area contributed by atoms with E-state index in [4.69, 9.17) is 11.6 Å². The summed E-state index contributed by atoms with van der Waals surface area (Å²) in [6.07, 6.45) is 0. The lowest BCUT2D eigenvalue weighted by Gasteiger charge is -2.15. The molecule has 1 N–H and O–H groups in total. The Morgan fingerprint density at radius 1 is 1.22 bits per heavy atom. The molecule has 3 nitrogen and oxygen atoms in total. The molecule has 1 atom stereocenters. The first-order valence-corrected chi connectivity index (χ1v) is 8.45. The van der Waals surface area contributed by atoms with Gasteiger partial charge < -0.3 is 9.88 Å². The highest BCUT2D eigenvalue weighted by molar-refractivity contribution is 9.10. The molecule has 0 saturated heterocycles. The number of nitrogens with one attached hydrogen (secondary N) is 1. The number of carbonyl (C=O) groups is 1. The minimum absolute atomic E-state index is 0.122. The minimum Gasteiger partial charge on any atom is -0.344 e. The van der Waals surface area contributed by atoms with Crippen LogP contribution in [0.15, 0.2) is 53.0 Å². The van der Waals surface area contributed by atoms with Crippen LogP contribution in [0, 0.1) is 0 Å². The Balaban J connectivity index is 1.92. The Hall–Kier alpha value is -1.78. The van der Waals surface area contributed by atoms with Gasteiger partial charge in [-0.15, -0.1) is 0 Å². The van der Waals surface area contributed by atoms with Crippen molar-refractivity contribution < 1.29 is 4.79 Å². The van der Waals surface area contributed by atoms with Crippen LogP contribution in [0.2, 0.25) is 5.02 Å². The average molecular weight is 392 g/mol. The second-order valence-electron chi connectivity index (χ2n) is 5.49. The second kappa shape index (κ2) is 6.38. The maximum atomic E-state index is 12.7. The summed E-state index contributed by atoms with van der Waals surface area (Å²) in [6.45, 7) is 1.94. The van der Waals surface area contributed by atoms with Gasteiger partial charge in [-0.05, 0) is 46.6 Å². The van der Waals surface area contributed by atoms with Gasteiger partial charge in [-0.25, -0.2) is 0 Å². The van der Waals surface area contributed by atoms with Crippen LogP contribution in [-0.2, 0) is 7.05 Å². The number of benzene rings is 2. The van der Waals surface area contributed by atoms with Gasteiger partial charge in [-0.3, -0.25) is 4.79 Å². The maximum absolute atomic E-state index is 12.7. The lowest BCUT2D eigenvalue weighted by molar-refractivity contribution is 0.0931. The van der Waals surface area contributed by atoms with E-state index in [-0.39, 0.29) is 11.9 Å². The number of nitrogens with zero attached hydrogens (tertiary/aromatic N) is 1. The lowest BCUT2D eigenvalue weighted by Crippen LogP contribution is -2.28. The van der Waals surface area contributed by atoms with Crippen molar-refractivity contribution in [2.24, 2.45) is 7.05 Å². The Bertz CT molecular complexity index is 849. The number of rotatable bonds is 3. The van der Waals surface area contributed by atoms with Gasteiger partial charge in [0.15, 0.2) is 0 Å². The Labute approximate surface area is 148 Å². The van der Waals surface area contributed by atoms with E-state index in [2.05, 4.69) is 21.2 Å². The molecule has 0 spiro atoms. The Morgan fingerprint density at radius 2 is 1.96 bits per heavy atom. The molecule has 0 radical (unpaired) electrons. The molecule has 0 fully saturated rings. The van der Waals surface area contributed by atoms with Crippen molar-refractivity contribution in [3.8, 4) is 0 Å². The van der Waals surface area contributed by atoms with Crippen LogP contribution in [0.5, 0.6) is 0 Å². The zero-order chi connectivity index (χ0) is 16.6. The van der Waals surface area contributed by atoms with Gasteiger partial charge in [0.2, 0.25) is 0 Å². The highest BCUT2D eigenvalue weighted by Gasteiger charge is 2.21. The van der Waals surface area contributed by atoms with Gasteiger partial charge in [0.25, 0.3) is 5.91 Å². The molecule has 1 aromatic heterocycles. The standard InChI is InChI=1S/C18H16BrClN2O/c1-11(12-6-5-7-13(20)10-12)21-18(23)17-16(19)14-8-3-4-9-15(14)22(17)2/h3-11H,1-2H3,(H,21,23). The van der Waals surface area contributed by atoms with Crippen molar-refractivity contribution >= 4 is 44.3 Å². The zero-order valence-electron chi connectivity index (χ0n) is 12.8. The molecule has 0 saturated carbocycles. The van der Waals surface area contributed by atoms with Gasteiger partial charge >= 0.3 is 0 Å². The molecule has 3 rings (SSSR count). The van der Waals surface area contributed by atoms with E-state index in [9.17, 15) is 4.79 Å². The van der Waals surface area contributed by atoms with Crippen LogP contribution in [0.1, 0.15) is 29.0 Å². The fourth-order valence-electron chi connectivity index (χ4n) is 2.72. The third-order valence-corrected chi connectivity index (χ3v) is 4.99. The van der Waals surface area contributed by atoms with Crippen LogP contribution >= 0.6 is 27.5 Å². The molecule has 1 heterocycles. The van der Waals surface area contributed by atoms with Gasteiger partial charge in [0.1, 0.15) is 5.69 Å². The van der Waals surface area contributed by atoms with Crippen LogP contribution in [0.4, 0.5) is 0 Å². The SMILES string of the molecule is CC(NC(=O)c1c(Br)c2ccccc2n1C)c1cccc(Cl)c1. The quantitative estimate of drug-likeness (QED) is 0.663. The van der Waals surface area contributed by atoms with E-state index < -0.39 is 0 Å². The van der Waals surface area contributed by atoms with Crippen molar-refractivity contribution in [1.29, 1.82) is 0 Å². The highest BCUT2D eigenvalue weighted by atomic mass is 79.9. The summed E-state index contributed by atoms with van der Waals surface area (Å²) in [5.41, 5.74) is 2.60. The molecule has 1 amide bonds. The number of carbonyl (C=O) groups excluding carboxylic acids is 1. The summed E-state index contributed by atoms with van der Waals surface area (Å²) in [4.78, 5) is 12.7. The van der Waals surface area contributed by atoms with E-state index in [1.165, 1.54) is 0 Å². The summed E-state index contributed by atoms with van der Waals surface area (Å²) < 4.78 is 2.71. The molecule has 118 valence electrons. The number of aryl methyl sites for hydroxylation is 1. The molecule has 3 aromatic rings. The van der Waals surface area contributed by atoms with Crippen molar-refractivity contribution in [3.63, 3.8) is 0 Å². The third-order valence-electron chi connectivity index (χ3n) is 3.96. The molecule has 2 aromatic carbocycles. The van der Waals surface area contributed by atoms with Crippen LogP contribution < -0.4 is 5.32 Å². The van der Waals surface area contributed by atoms with E-state index in [1.54, 1.807) is 0 Å². The molecular formula is C18H16BrClN2O. The Kier molecular flexibility index (Phi) is 4.46. The summed E-state index contributed by atoms with van der Waals surface area (Å²) in [7, 11) is 1.89. The summed E-state index contributed by atoms with van der Waals surface area (Å²) >= 11 is 9.58. The predicted molar refractivity (Wildman–Crippen MR) is 98.0 cm³/mol. The van der Waals surface area contributed by atoms with Crippen LogP contribution in [0.25, 0.3) is 10.9 Å². The largest absolute Gasteiger partial charge is 0.344 e. The smallest absolute Gasteiger partial charge is 0.269 e. The number of hydrogen-bond acceptors (Lipinski definition) is 1. The fourth-order valence-corrected chi connectivity index (χ4v) is 3.70. The molecule has 0 aliphatic carbocycles. The number of para-hydroxylation sites is 1. The molecule has 0 bridgehead atoms. The first-order chi connectivity index (χ1) is 11.0. The molecule has 23 heavy (non-hydrogen) atoms. The number of halogens is 2. The zero-order valence-corrected chi connectivity index (χ0v) is 15.1. The van der Waals surface area contributed by atoms with E-state index >= 15 is 0 Å². The number of fused-ring (bicyclic) bond motifs is 1. The normalized spacial score (nSPS) is 12.3. The van der Waals surface area contributed by atoms with Gasteiger partial charge in [-0.2, -0.15) is 0 Å². The summed E-state index contributed by atoms with van der Waals surface area (Å²) in [6, 6.07) is 15.3. The van der Waals surface area contributed by atoms with Crippen LogP contribution in [-0.4, -0.2) is 10.5 Å². The van der Waals surface area contributed by atoms with Gasteiger partial charge in [0.05, 0.1) is 10.5 Å². The van der Waals surface area contributed by atoms with Gasteiger partial charge in [0, 0.05) is 23.0 Å². The van der Waals surface area contributed by atoms with Crippen LogP contribution in [0.3, 0.4) is 0 Å². The first-order valence-electron chi connectivity index (χ1n) is 7.28. The van der Waals surface area contributed by atoms with Crippen molar-refractivity contribution in [2.45, 2.75) is 13.0 Å². The number of aromatic nitrogens is 1. The predicted octanol–water partition coefficient (Wildman–Crippen LogP) is 5.09. The van der Waals surface area contributed by atoms with E-state index in [0.29, 0.717) is 10.7 Å². The Morgan fingerprint density at radius 3 is 2.65 bits per heavy atom.